The van der Waals surface area contributed by atoms with Crippen molar-refractivity contribution in [3.8, 4) is 0 Å². The fourth-order valence-electron chi connectivity index (χ4n) is 1.66. The highest BCUT2D eigenvalue weighted by molar-refractivity contribution is 9.10. The molecule has 2 rings (SSSR count). The van der Waals surface area contributed by atoms with Crippen molar-refractivity contribution in [2.24, 2.45) is 0 Å². The smallest absolute Gasteiger partial charge is 0.261 e. The Labute approximate surface area is 101 Å². The molecule has 1 aliphatic heterocycles. The number of piperidine rings is 1. The van der Waals surface area contributed by atoms with Crippen LogP contribution in [0.25, 0.3) is 0 Å². The molecular formula is C10H13BrN2OS. The molecule has 1 aromatic heterocycles. The van der Waals surface area contributed by atoms with Gasteiger partial charge in [-0.3, -0.25) is 4.79 Å². The van der Waals surface area contributed by atoms with Crippen LogP contribution >= 0.6 is 27.3 Å². The summed E-state index contributed by atoms with van der Waals surface area (Å²) in [5.74, 6) is 0.0411. The molecular weight excluding hydrogens is 276 g/mol. The van der Waals surface area contributed by atoms with Gasteiger partial charge in [-0.05, 0) is 41.4 Å². The summed E-state index contributed by atoms with van der Waals surface area (Å²) in [5.41, 5.74) is 0. The number of hydrogen-bond donors (Lipinski definition) is 2. The van der Waals surface area contributed by atoms with Gasteiger partial charge in [0.15, 0.2) is 0 Å². The van der Waals surface area contributed by atoms with E-state index >= 15 is 0 Å². The number of nitrogens with one attached hydrogen (secondary N) is 2. The molecule has 0 bridgehead atoms. The topological polar surface area (TPSA) is 41.1 Å². The van der Waals surface area contributed by atoms with Crippen LogP contribution < -0.4 is 10.6 Å². The monoisotopic (exact) mass is 288 g/mol. The van der Waals surface area contributed by atoms with Gasteiger partial charge in [0, 0.05) is 22.4 Å². The highest BCUT2D eigenvalue weighted by atomic mass is 79.9. The minimum absolute atomic E-state index is 0.0411. The van der Waals surface area contributed by atoms with Crippen LogP contribution in [0.3, 0.4) is 0 Å². The second-order valence-corrected chi connectivity index (χ2v) is 5.47. The van der Waals surface area contributed by atoms with E-state index in [9.17, 15) is 4.79 Å². The van der Waals surface area contributed by atoms with Crippen LogP contribution in [0.2, 0.25) is 0 Å². The Balaban J connectivity index is 1.91. The molecule has 1 amide bonds. The van der Waals surface area contributed by atoms with Crippen LogP contribution in [0, 0.1) is 0 Å². The third kappa shape index (κ3) is 3.03. The first kappa shape index (κ1) is 11.1. The average Bonchev–Trinajstić information content (AvgIpc) is 2.66. The number of thiophene rings is 1. The van der Waals surface area contributed by atoms with Crippen molar-refractivity contribution >= 4 is 33.2 Å². The molecule has 1 fully saturated rings. The molecule has 15 heavy (non-hydrogen) atoms. The molecule has 0 unspecified atom stereocenters. The second kappa shape index (κ2) is 5.09. The SMILES string of the molecule is O=C(N[C@H]1CCCNC1)c1cc(Br)cs1. The average molecular weight is 289 g/mol. The van der Waals surface area contributed by atoms with Crippen molar-refractivity contribution in [2.75, 3.05) is 13.1 Å². The summed E-state index contributed by atoms with van der Waals surface area (Å²) in [6.07, 6.45) is 2.21. The first-order valence-electron chi connectivity index (χ1n) is 5.01. The largest absolute Gasteiger partial charge is 0.347 e. The molecule has 1 saturated heterocycles. The fraction of sp³-hybridized carbons (Fsp3) is 0.500. The first-order chi connectivity index (χ1) is 7.25. The normalized spacial score (nSPS) is 21.3. The van der Waals surface area contributed by atoms with Gasteiger partial charge in [0.05, 0.1) is 4.88 Å². The predicted octanol–water partition coefficient (Wildman–Crippen LogP) is 1.99. The van der Waals surface area contributed by atoms with Crippen LogP contribution in [0.15, 0.2) is 15.9 Å². The Morgan fingerprint density at radius 3 is 3.13 bits per heavy atom. The van der Waals surface area contributed by atoms with E-state index in [0.717, 1.165) is 35.3 Å². The van der Waals surface area contributed by atoms with Gasteiger partial charge in [0.1, 0.15) is 0 Å². The number of rotatable bonds is 2. The molecule has 3 nitrogen and oxygen atoms in total. The summed E-state index contributed by atoms with van der Waals surface area (Å²) >= 11 is 4.81. The molecule has 5 heteroatoms. The van der Waals surface area contributed by atoms with Crippen molar-refractivity contribution in [2.45, 2.75) is 18.9 Å². The van der Waals surface area contributed by atoms with Gasteiger partial charge >= 0.3 is 0 Å². The molecule has 0 aromatic carbocycles. The minimum atomic E-state index is 0.0411. The summed E-state index contributed by atoms with van der Waals surface area (Å²) in [7, 11) is 0. The van der Waals surface area contributed by atoms with Crippen LogP contribution in [-0.4, -0.2) is 25.0 Å². The molecule has 1 atom stereocenters. The fourth-order valence-corrected chi connectivity index (χ4v) is 2.99. The number of carbonyl (C=O) groups excluding carboxylic acids is 1. The van der Waals surface area contributed by atoms with Crippen molar-refractivity contribution in [1.82, 2.24) is 10.6 Å². The number of hydrogen-bond acceptors (Lipinski definition) is 3. The maximum absolute atomic E-state index is 11.8. The zero-order valence-electron chi connectivity index (χ0n) is 8.25. The Hall–Kier alpha value is -0.390. The third-order valence-corrected chi connectivity index (χ3v) is 4.11. The molecule has 2 heterocycles. The maximum Gasteiger partial charge on any atom is 0.261 e. The van der Waals surface area contributed by atoms with E-state index in [1.165, 1.54) is 11.3 Å². The van der Waals surface area contributed by atoms with Gasteiger partial charge in [-0.15, -0.1) is 11.3 Å². The lowest BCUT2D eigenvalue weighted by Crippen LogP contribution is -2.45. The van der Waals surface area contributed by atoms with Gasteiger partial charge < -0.3 is 10.6 Å². The summed E-state index contributed by atoms with van der Waals surface area (Å²) in [4.78, 5) is 12.5. The number of amides is 1. The van der Waals surface area contributed by atoms with E-state index in [1.54, 1.807) is 0 Å². The van der Waals surface area contributed by atoms with Crippen molar-refractivity contribution in [1.29, 1.82) is 0 Å². The summed E-state index contributed by atoms with van der Waals surface area (Å²) in [6.45, 7) is 1.95. The molecule has 1 aromatic rings. The molecule has 0 aliphatic carbocycles. The molecule has 0 radical (unpaired) electrons. The lowest BCUT2D eigenvalue weighted by molar-refractivity contribution is 0.0935. The standard InChI is InChI=1S/C10H13BrN2OS/c11-7-4-9(15-6-7)10(14)13-8-2-1-3-12-5-8/h4,6,8,12H,1-3,5H2,(H,13,14)/t8-/m0/s1. The first-order valence-corrected chi connectivity index (χ1v) is 6.68. The Kier molecular flexibility index (Phi) is 3.77. The van der Waals surface area contributed by atoms with E-state index in [2.05, 4.69) is 26.6 Å². The lowest BCUT2D eigenvalue weighted by atomic mass is 10.1. The maximum atomic E-state index is 11.8. The quantitative estimate of drug-likeness (QED) is 0.874. The third-order valence-electron chi connectivity index (χ3n) is 2.42. The summed E-state index contributed by atoms with van der Waals surface area (Å²) in [6, 6.07) is 2.14. The minimum Gasteiger partial charge on any atom is -0.347 e. The van der Waals surface area contributed by atoms with E-state index in [4.69, 9.17) is 0 Å². The summed E-state index contributed by atoms with van der Waals surface area (Å²) in [5, 5.41) is 8.24. The Bertz CT molecular complexity index is 347. The second-order valence-electron chi connectivity index (χ2n) is 3.65. The van der Waals surface area contributed by atoms with E-state index in [1.807, 2.05) is 11.4 Å². The zero-order valence-corrected chi connectivity index (χ0v) is 10.7. The molecule has 0 spiro atoms. The van der Waals surface area contributed by atoms with Gasteiger partial charge in [-0.1, -0.05) is 0 Å². The highest BCUT2D eigenvalue weighted by Gasteiger charge is 2.16. The van der Waals surface area contributed by atoms with Crippen molar-refractivity contribution < 1.29 is 4.79 Å². The van der Waals surface area contributed by atoms with Gasteiger partial charge in [0.2, 0.25) is 0 Å². The summed E-state index contributed by atoms with van der Waals surface area (Å²) < 4.78 is 0.972. The number of halogens is 1. The van der Waals surface area contributed by atoms with Crippen LogP contribution in [-0.2, 0) is 0 Å². The lowest BCUT2D eigenvalue weighted by Gasteiger charge is -2.23. The predicted molar refractivity (Wildman–Crippen MR) is 65.4 cm³/mol. The molecule has 1 aliphatic rings. The zero-order chi connectivity index (χ0) is 10.7. The molecule has 82 valence electrons. The van der Waals surface area contributed by atoms with Gasteiger partial charge in [-0.25, -0.2) is 0 Å². The van der Waals surface area contributed by atoms with Gasteiger partial charge in [-0.2, -0.15) is 0 Å². The van der Waals surface area contributed by atoms with Crippen molar-refractivity contribution in [3.05, 3.63) is 20.8 Å². The van der Waals surface area contributed by atoms with Gasteiger partial charge in [0.25, 0.3) is 5.91 Å². The molecule has 2 N–H and O–H groups in total. The Morgan fingerprint density at radius 1 is 1.67 bits per heavy atom. The molecule has 0 saturated carbocycles. The van der Waals surface area contributed by atoms with Crippen LogP contribution in [0.4, 0.5) is 0 Å². The Morgan fingerprint density at radius 2 is 2.53 bits per heavy atom. The highest BCUT2D eigenvalue weighted by Crippen LogP contribution is 2.19. The van der Waals surface area contributed by atoms with E-state index < -0.39 is 0 Å². The van der Waals surface area contributed by atoms with Crippen molar-refractivity contribution in [3.63, 3.8) is 0 Å². The number of carbonyl (C=O) groups is 1. The van der Waals surface area contributed by atoms with E-state index in [0.29, 0.717) is 0 Å². The van der Waals surface area contributed by atoms with E-state index in [-0.39, 0.29) is 11.9 Å². The van der Waals surface area contributed by atoms with Crippen LogP contribution in [0.1, 0.15) is 22.5 Å². The van der Waals surface area contributed by atoms with Crippen LogP contribution in [0.5, 0.6) is 0 Å².